The maximum Gasteiger partial charge on any atom is 0.411 e. The number of nitrogens with zero attached hydrogens (tertiary/aromatic N) is 1. The van der Waals surface area contributed by atoms with Gasteiger partial charge in [-0.3, -0.25) is 24.6 Å². The van der Waals surface area contributed by atoms with Gasteiger partial charge in [-0.1, -0.05) is 31.5 Å². The van der Waals surface area contributed by atoms with Gasteiger partial charge in [0.05, 0.1) is 17.7 Å². The summed E-state index contributed by atoms with van der Waals surface area (Å²) in [7, 11) is 0. The van der Waals surface area contributed by atoms with Gasteiger partial charge in [0.15, 0.2) is 0 Å². The topological polar surface area (TPSA) is 105 Å². The van der Waals surface area contributed by atoms with Crippen molar-refractivity contribution in [3.8, 4) is 0 Å². The van der Waals surface area contributed by atoms with Crippen LogP contribution in [0, 0.1) is 12.8 Å². The highest BCUT2D eigenvalue weighted by atomic mass is 16.5. The molecule has 32 heavy (non-hydrogen) atoms. The highest BCUT2D eigenvalue weighted by Crippen LogP contribution is 2.24. The number of imide groups is 1. The molecule has 1 heterocycles. The fraction of sp³-hybridized carbons (Fsp3) is 0.333. The monoisotopic (exact) mass is 437 g/mol. The lowest BCUT2D eigenvalue weighted by atomic mass is 10.1. The fourth-order valence-corrected chi connectivity index (χ4v) is 3.30. The first-order chi connectivity index (χ1) is 15.2. The van der Waals surface area contributed by atoms with Gasteiger partial charge in [-0.25, -0.2) is 4.79 Å². The molecule has 168 valence electrons. The van der Waals surface area contributed by atoms with Crippen molar-refractivity contribution >= 4 is 35.2 Å². The van der Waals surface area contributed by atoms with Crippen molar-refractivity contribution in [2.24, 2.45) is 5.92 Å². The van der Waals surface area contributed by atoms with Crippen LogP contribution in [0.2, 0.25) is 0 Å². The van der Waals surface area contributed by atoms with E-state index >= 15 is 0 Å². The zero-order chi connectivity index (χ0) is 23.3. The van der Waals surface area contributed by atoms with E-state index in [4.69, 9.17) is 4.74 Å². The van der Waals surface area contributed by atoms with E-state index in [1.807, 2.05) is 20.8 Å². The van der Waals surface area contributed by atoms with Crippen molar-refractivity contribution in [3.63, 3.8) is 0 Å². The summed E-state index contributed by atoms with van der Waals surface area (Å²) >= 11 is 0. The third-order valence-corrected chi connectivity index (χ3v) is 4.85. The maximum absolute atomic E-state index is 12.5. The molecule has 0 aromatic heterocycles. The SMILES string of the molecule is Cc1ccc2c(c1)C(=O)N(CCCC(=O)Nc1cccc(NC(=O)OCC(C)C)c1)C2=O. The van der Waals surface area contributed by atoms with Gasteiger partial charge in [-0.15, -0.1) is 0 Å². The van der Waals surface area contributed by atoms with E-state index in [2.05, 4.69) is 10.6 Å². The van der Waals surface area contributed by atoms with E-state index < -0.39 is 6.09 Å². The van der Waals surface area contributed by atoms with Crippen LogP contribution in [-0.2, 0) is 9.53 Å². The molecule has 0 aliphatic carbocycles. The Morgan fingerprint density at radius 3 is 2.38 bits per heavy atom. The Bertz CT molecular complexity index is 1050. The second-order valence-electron chi connectivity index (χ2n) is 8.16. The van der Waals surface area contributed by atoms with Crippen LogP contribution in [0.4, 0.5) is 16.2 Å². The van der Waals surface area contributed by atoms with Crippen LogP contribution in [0.15, 0.2) is 42.5 Å². The minimum absolute atomic E-state index is 0.139. The summed E-state index contributed by atoms with van der Waals surface area (Å²) in [4.78, 5) is 50.2. The number of anilines is 2. The molecule has 2 aromatic rings. The van der Waals surface area contributed by atoms with Gasteiger partial charge in [0.25, 0.3) is 11.8 Å². The molecule has 0 fully saturated rings. The number of aryl methyl sites for hydroxylation is 1. The second-order valence-corrected chi connectivity index (χ2v) is 8.16. The number of carbonyl (C=O) groups is 4. The molecule has 0 saturated heterocycles. The summed E-state index contributed by atoms with van der Waals surface area (Å²) in [5.41, 5.74) is 2.75. The fourth-order valence-electron chi connectivity index (χ4n) is 3.30. The van der Waals surface area contributed by atoms with Crippen LogP contribution in [0.1, 0.15) is 53.0 Å². The average Bonchev–Trinajstić information content (AvgIpc) is 2.96. The number of benzene rings is 2. The Morgan fingerprint density at radius 1 is 0.969 bits per heavy atom. The predicted octanol–water partition coefficient (Wildman–Crippen LogP) is 4.21. The molecule has 4 amide bonds. The van der Waals surface area contributed by atoms with Crippen LogP contribution in [-0.4, -0.2) is 41.9 Å². The Balaban J connectivity index is 1.48. The van der Waals surface area contributed by atoms with Gasteiger partial charge in [0.1, 0.15) is 0 Å². The zero-order valence-electron chi connectivity index (χ0n) is 18.4. The van der Waals surface area contributed by atoms with Gasteiger partial charge >= 0.3 is 6.09 Å². The van der Waals surface area contributed by atoms with E-state index in [0.29, 0.717) is 35.5 Å². The summed E-state index contributed by atoms with van der Waals surface area (Å²) in [5.74, 6) is -0.668. The minimum Gasteiger partial charge on any atom is -0.449 e. The number of carbonyl (C=O) groups excluding carboxylic acids is 4. The van der Waals surface area contributed by atoms with E-state index in [9.17, 15) is 19.2 Å². The van der Waals surface area contributed by atoms with Crippen LogP contribution < -0.4 is 10.6 Å². The molecule has 0 atom stereocenters. The number of nitrogens with one attached hydrogen (secondary N) is 2. The molecule has 0 unspecified atom stereocenters. The van der Waals surface area contributed by atoms with E-state index in [0.717, 1.165) is 5.56 Å². The summed E-state index contributed by atoms with van der Waals surface area (Å²) in [6.07, 6.45) is -0.0747. The zero-order valence-corrected chi connectivity index (χ0v) is 18.4. The van der Waals surface area contributed by atoms with Crippen LogP contribution in [0.5, 0.6) is 0 Å². The first kappa shape index (κ1) is 23.0. The Kier molecular flexibility index (Phi) is 7.25. The molecule has 2 aromatic carbocycles. The molecule has 0 saturated carbocycles. The number of fused-ring (bicyclic) bond motifs is 1. The quantitative estimate of drug-likeness (QED) is 0.602. The highest BCUT2D eigenvalue weighted by Gasteiger charge is 2.34. The molecule has 0 bridgehead atoms. The number of ether oxygens (including phenoxy) is 1. The Morgan fingerprint density at radius 2 is 1.66 bits per heavy atom. The number of hydrogen-bond acceptors (Lipinski definition) is 5. The molecule has 1 aliphatic rings. The van der Waals surface area contributed by atoms with Crippen molar-refractivity contribution in [1.82, 2.24) is 4.90 Å². The normalized spacial score (nSPS) is 12.7. The van der Waals surface area contributed by atoms with Crippen molar-refractivity contribution in [2.45, 2.75) is 33.6 Å². The van der Waals surface area contributed by atoms with Crippen LogP contribution >= 0.6 is 0 Å². The van der Waals surface area contributed by atoms with E-state index in [1.165, 1.54) is 4.90 Å². The lowest BCUT2D eigenvalue weighted by Gasteiger charge is -2.13. The van der Waals surface area contributed by atoms with E-state index in [-0.39, 0.29) is 36.6 Å². The van der Waals surface area contributed by atoms with E-state index in [1.54, 1.807) is 42.5 Å². The smallest absolute Gasteiger partial charge is 0.411 e. The summed E-state index contributed by atoms with van der Waals surface area (Å²) < 4.78 is 5.08. The maximum atomic E-state index is 12.5. The summed E-state index contributed by atoms with van der Waals surface area (Å²) in [6, 6.07) is 11.9. The molecular weight excluding hydrogens is 410 g/mol. The summed E-state index contributed by atoms with van der Waals surface area (Å²) in [5, 5.41) is 5.38. The third-order valence-electron chi connectivity index (χ3n) is 4.85. The van der Waals surface area contributed by atoms with Crippen LogP contribution in [0.25, 0.3) is 0 Å². The molecular formula is C24H27N3O5. The Hall–Kier alpha value is -3.68. The Labute approximate surface area is 186 Å². The molecule has 8 heteroatoms. The molecule has 8 nitrogen and oxygen atoms in total. The largest absolute Gasteiger partial charge is 0.449 e. The van der Waals surface area contributed by atoms with Gasteiger partial charge in [0, 0.05) is 24.3 Å². The minimum atomic E-state index is -0.557. The first-order valence-electron chi connectivity index (χ1n) is 10.5. The molecule has 1 aliphatic heterocycles. The average molecular weight is 437 g/mol. The molecule has 2 N–H and O–H groups in total. The first-order valence-corrected chi connectivity index (χ1v) is 10.5. The number of amides is 4. The van der Waals surface area contributed by atoms with Crippen LogP contribution in [0.3, 0.4) is 0 Å². The molecule has 0 spiro atoms. The third kappa shape index (κ3) is 5.72. The van der Waals surface area contributed by atoms with Gasteiger partial charge in [-0.05, 0) is 49.6 Å². The predicted molar refractivity (Wildman–Crippen MR) is 121 cm³/mol. The van der Waals surface area contributed by atoms with Gasteiger partial charge < -0.3 is 10.1 Å². The molecule has 0 radical (unpaired) electrons. The van der Waals surface area contributed by atoms with Crippen molar-refractivity contribution in [2.75, 3.05) is 23.8 Å². The van der Waals surface area contributed by atoms with Crippen molar-refractivity contribution < 1.29 is 23.9 Å². The van der Waals surface area contributed by atoms with Crippen molar-refractivity contribution in [1.29, 1.82) is 0 Å². The summed E-state index contributed by atoms with van der Waals surface area (Å²) in [6.45, 7) is 6.23. The lowest BCUT2D eigenvalue weighted by Crippen LogP contribution is -2.31. The number of rotatable bonds is 8. The lowest BCUT2D eigenvalue weighted by molar-refractivity contribution is -0.116. The number of hydrogen-bond donors (Lipinski definition) is 2. The van der Waals surface area contributed by atoms with Gasteiger partial charge in [-0.2, -0.15) is 0 Å². The second kappa shape index (κ2) is 10.1. The van der Waals surface area contributed by atoms with Gasteiger partial charge in [0.2, 0.25) is 5.91 Å². The van der Waals surface area contributed by atoms with Crippen molar-refractivity contribution in [3.05, 3.63) is 59.2 Å². The molecule has 3 rings (SSSR count). The highest BCUT2D eigenvalue weighted by molar-refractivity contribution is 6.21. The standard InChI is InChI=1S/C24H27N3O5/c1-15(2)14-32-24(31)26-18-7-4-6-17(13-18)25-21(28)8-5-11-27-22(29)19-10-9-16(3)12-20(19)23(27)30/h4,6-7,9-10,12-13,15H,5,8,11,14H2,1-3H3,(H,25,28)(H,26,31).